The summed E-state index contributed by atoms with van der Waals surface area (Å²) in [6.45, 7) is 15.8. The van der Waals surface area contributed by atoms with Crippen molar-refractivity contribution in [3.8, 4) is 0 Å². The van der Waals surface area contributed by atoms with Crippen LogP contribution in [0, 0.1) is 11.3 Å². The fraction of sp³-hybridized carbons (Fsp3) is 1.00. The molecule has 0 heterocycles. The van der Waals surface area contributed by atoms with Gasteiger partial charge in [-0.1, -0.05) is 27.7 Å². The van der Waals surface area contributed by atoms with Gasteiger partial charge in [-0.2, -0.15) is 0 Å². The normalized spacial score (nSPS) is 15.4. The lowest BCUT2D eigenvalue weighted by atomic mass is 9.84. The first-order valence-electron chi connectivity index (χ1n) is 5.91. The minimum Gasteiger partial charge on any atom is -0.236 e. The van der Waals surface area contributed by atoms with Crippen LogP contribution in [0.25, 0.3) is 0 Å². The second kappa shape index (κ2) is 5.86. The number of hydrogen-bond acceptors (Lipinski definition) is 2. The molecule has 15 heavy (non-hydrogen) atoms. The van der Waals surface area contributed by atoms with Crippen molar-refractivity contribution < 1.29 is 9.78 Å². The molecule has 0 rings (SSSR count). The van der Waals surface area contributed by atoms with E-state index in [9.17, 15) is 0 Å². The van der Waals surface area contributed by atoms with Crippen molar-refractivity contribution in [1.29, 1.82) is 0 Å². The monoisotopic (exact) mass is 216 g/mol. The van der Waals surface area contributed by atoms with Crippen molar-refractivity contribution >= 4 is 0 Å². The average molecular weight is 216 g/mol. The van der Waals surface area contributed by atoms with Crippen LogP contribution in [0.1, 0.15) is 61.3 Å². The van der Waals surface area contributed by atoms with E-state index in [4.69, 9.17) is 9.78 Å². The van der Waals surface area contributed by atoms with Crippen molar-refractivity contribution in [3.63, 3.8) is 0 Å². The topological polar surface area (TPSA) is 18.5 Å². The molecule has 0 aromatic carbocycles. The Bertz CT molecular complexity index is 162. The molecule has 0 aliphatic rings. The van der Waals surface area contributed by atoms with Crippen molar-refractivity contribution in [1.82, 2.24) is 0 Å². The summed E-state index contributed by atoms with van der Waals surface area (Å²) in [6, 6.07) is 0. The molecule has 0 saturated heterocycles. The van der Waals surface area contributed by atoms with Crippen LogP contribution in [0.2, 0.25) is 0 Å². The zero-order valence-electron chi connectivity index (χ0n) is 11.5. The minimum atomic E-state index is -0.201. The molecular formula is C13H28O2. The predicted octanol–water partition coefficient (Wildman–Crippen LogP) is 4.20. The molecule has 2 nitrogen and oxygen atoms in total. The molecule has 0 fully saturated rings. The van der Waals surface area contributed by atoms with E-state index in [1.807, 2.05) is 20.8 Å². The molecule has 0 saturated carbocycles. The van der Waals surface area contributed by atoms with Crippen LogP contribution in [0.15, 0.2) is 0 Å². The van der Waals surface area contributed by atoms with Gasteiger partial charge in [-0.25, -0.2) is 9.78 Å². The van der Waals surface area contributed by atoms with Gasteiger partial charge in [0.15, 0.2) is 0 Å². The third-order valence-corrected chi connectivity index (χ3v) is 1.96. The molecule has 0 N–H and O–H groups in total. The Balaban J connectivity index is 3.52. The van der Waals surface area contributed by atoms with E-state index in [0.717, 1.165) is 6.42 Å². The van der Waals surface area contributed by atoms with E-state index in [1.54, 1.807) is 0 Å². The number of hydrogen-bond donors (Lipinski definition) is 0. The summed E-state index contributed by atoms with van der Waals surface area (Å²) in [5, 5.41) is 0. The van der Waals surface area contributed by atoms with Crippen molar-refractivity contribution in [2.24, 2.45) is 11.3 Å². The molecule has 0 radical (unpaired) electrons. The van der Waals surface area contributed by atoms with Crippen LogP contribution < -0.4 is 0 Å². The highest BCUT2D eigenvalue weighted by Gasteiger charge is 2.16. The Kier molecular flexibility index (Phi) is 5.82. The molecule has 0 spiro atoms. The molecule has 2 heteroatoms. The van der Waals surface area contributed by atoms with Crippen molar-refractivity contribution in [2.75, 3.05) is 6.61 Å². The van der Waals surface area contributed by atoms with E-state index in [0.29, 0.717) is 17.9 Å². The Morgan fingerprint density at radius 1 is 1.00 bits per heavy atom. The quantitative estimate of drug-likeness (QED) is 0.389. The highest BCUT2D eigenvalue weighted by Crippen LogP contribution is 2.25. The van der Waals surface area contributed by atoms with Gasteiger partial charge in [0.1, 0.15) is 0 Å². The summed E-state index contributed by atoms with van der Waals surface area (Å²) >= 11 is 0. The smallest absolute Gasteiger partial charge is 0.0952 e. The van der Waals surface area contributed by atoms with Gasteiger partial charge in [-0.05, 0) is 44.9 Å². The molecule has 92 valence electrons. The van der Waals surface area contributed by atoms with E-state index < -0.39 is 0 Å². The van der Waals surface area contributed by atoms with Crippen molar-refractivity contribution in [3.05, 3.63) is 0 Å². The molecule has 0 aromatic rings. The third-order valence-electron chi connectivity index (χ3n) is 1.96. The highest BCUT2D eigenvalue weighted by molar-refractivity contribution is 4.66. The second-order valence-corrected chi connectivity index (χ2v) is 6.68. The van der Waals surface area contributed by atoms with Crippen molar-refractivity contribution in [2.45, 2.75) is 66.9 Å². The second-order valence-electron chi connectivity index (χ2n) is 6.68. The first kappa shape index (κ1) is 14.9. The SMILES string of the molecule is CC(CCOOC(C)(C)C)CC(C)(C)C. The lowest BCUT2D eigenvalue weighted by Gasteiger charge is -2.23. The van der Waals surface area contributed by atoms with Gasteiger partial charge in [-0.3, -0.25) is 0 Å². The molecule has 0 aromatic heterocycles. The van der Waals surface area contributed by atoms with Crippen LogP contribution >= 0.6 is 0 Å². The van der Waals surface area contributed by atoms with Gasteiger partial charge >= 0.3 is 0 Å². The van der Waals surface area contributed by atoms with Gasteiger partial charge in [0.2, 0.25) is 0 Å². The van der Waals surface area contributed by atoms with Crippen LogP contribution in [-0.4, -0.2) is 12.2 Å². The molecule has 0 bridgehead atoms. The fourth-order valence-electron chi connectivity index (χ4n) is 1.62. The molecule has 1 unspecified atom stereocenters. The van der Waals surface area contributed by atoms with Gasteiger partial charge in [0.25, 0.3) is 0 Å². The molecule has 1 atom stereocenters. The molecule has 0 aliphatic heterocycles. The maximum atomic E-state index is 5.21. The summed E-state index contributed by atoms with van der Waals surface area (Å²) in [6.07, 6.45) is 2.29. The first-order chi connectivity index (χ1) is 6.60. The highest BCUT2D eigenvalue weighted by atomic mass is 17.2. The molecule has 0 amide bonds. The van der Waals surface area contributed by atoms with E-state index in [1.165, 1.54) is 6.42 Å². The van der Waals surface area contributed by atoms with Gasteiger partial charge in [0, 0.05) is 0 Å². The average Bonchev–Trinajstić information content (AvgIpc) is 1.92. The van der Waals surface area contributed by atoms with Crippen LogP contribution in [0.5, 0.6) is 0 Å². The van der Waals surface area contributed by atoms with Crippen LogP contribution in [-0.2, 0) is 9.78 Å². The standard InChI is InChI=1S/C13H28O2/c1-11(10-12(2,3)4)8-9-14-15-13(5,6)7/h11H,8-10H2,1-7H3. The Hall–Kier alpha value is -0.0800. The minimum absolute atomic E-state index is 0.201. The Morgan fingerprint density at radius 2 is 1.53 bits per heavy atom. The van der Waals surface area contributed by atoms with E-state index in [2.05, 4.69) is 27.7 Å². The summed E-state index contributed by atoms with van der Waals surface area (Å²) < 4.78 is 0. The zero-order chi connectivity index (χ0) is 12.1. The number of rotatable bonds is 5. The zero-order valence-corrected chi connectivity index (χ0v) is 11.5. The largest absolute Gasteiger partial charge is 0.236 e. The van der Waals surface area contributed by atoms with E-state index in [-0.39, 0.29) is 5.60 Å². The summed E-state index contributed by atoms with van der Waals surface area (Å²) in [5.74, 6) is 0.688. The first-order valence-corrected chi connectivity index (χ1v) is 5.91. The predicted molar refractivity (Wildman–Crippen MR) is 64.6 cm³/mol. The van der Waals surface area contributed by atoms with E-state index >= 15 is 0 Å². The van der Waals surface area contributed by atoms with Crippen LogP contribution in [0.4, 0.5) is 0 Å². The van der Waals surface area contributed by atoms with Crippen LogP contribution in [0.3, 0.4) is 0 Å². The Morgan fingerprint density at radius 3 is 1.93 bits per heavy atom. The summed E-state index contributed by atoms with van der Waals surface area (Å²) in [4.78, 5) is 10.4. The van der Waals surface area contributed by atoms with Gasteiger partial charge in [-0.15, -0.1) is 0 Å². The Labute approximate surface area is 95.3 Å². The molecule has 0 aliphatic carbocycles. The maximum Gasteiger partial charge on any atom is 0.0952 e. The molecular weight excluding hydrogens is 188 g/mol. The maximum absolute atomic E-state index is 5.21. The summed E-state index contributed by atoms with van der Waals surface area (Å²) in [5.41, 5.74) is 0.206. The van der Waals surface area contributed by atoms with Gasteiger partial charge < -0.3 is 0 Å². The lowest BCUT2D eigenvalue weighted by Crippen LogP contribution is -2.20. The van der Waals surface area contributed by atoms with Gasteiger partial charge in [0.05, 0.1) is 12.2 Å². The summed E-state index contributed by atoms with van der Waals surface area (Å²) in [7, 11) is 0. The third kappa shape index (κ3) is 11.8. The lowest BCUT2D eigenvalue weighted by molar-refractivity contribution is -0.349. The fourth-order valence-corrected chi connectivity index (χ4v) is 1.62.